The van der Waals surface area contributed by atoms with Gasteiger partial charge in [0.25, 0.3) is 0 Å². The second kappa shape index (κ2) is 7.63. The molecule has 112 valence electrons. The van der Waals surface area contributed by atoms with Gasteiger partial charge in [0, 0.05) is 17.3 Å². The van der Waals surface area contributed by atoms with E-state index in [9.17, 15) is 0 Å². The third kappa shape index (κ3) is 3.87. The minimum Gasteiger partial charge on any atom is -0.315 e. The minimum atomic E-state index is -0.234. The van der Waals surface area contributed by atoms with Crippen molar-refractivity contribution in [3.63, 3.8) is 0 Å². The van der Waals surface area contributed by atoms with Gasteiger partial charge in [-0.25, -0.2) is 9.98 Å². The van der Waals surface area contributed by atoms with E-state index in [0.29, 0.717) is 5.69 Å². The van der Waals surface area contributed by atoms with Crippen LogP contribution in [0.15, 0.2) is 53.8 Å². The summed E-state index contributed by atoms with van der Waals surface area (Å²) in [7, 11) is 0. The predicted molar refractivity (Wildman–Crippen MR) is 93.0 cm³/mol. The van der Waals surface area contributed by atoms with Gasteiger partial charge < -0.3 is 5.73 Å². The van der Waals surface area contributed by atoms with E-state index in [2.05, 4.69) is 21.7 Å². The average molecular weight is 311 g/mol. The highest BCUT2D eigenvalue weighted by molar-refractivity contribution is 8.08. The Morgan fingerprint density at radius 2 is 2.14 bits per heavy atom. The highest BCUT2D eigenvalue weighted by Gasteiger charge is 2.13. The zero-order valence-electron chi connectivity index (χ0n) is 12.2. The molecule has 2 aromatic rings. The molecule has 0 aliphatic heterocycles. The Balaban J connectivity index is 2.22. The van der Waals surface area contributed by atoms with Crippen LogP contribution in [-0.4, -0.2) is 22.5 Å². The van der Waals surface area contributed by atoms with Gasteiger partial charge in [-0.15, -0.1) is 11.8 Å². The van der Waals surface area contributed by atoms with E-state index in [1.807, 2.05) is 37.3 Å². The molecule has 3 N–H and O–H groups in total. The lowest BCUT2D eigenvalue weighted by Gasteiger charge is -2.14. The number of allylic oxidation sites excluding steroid dienone is 1. The van der Waals surface area contributed by atoms with Gasteiger partial charge in [-0.3, -0.25) is 10.4 Å². The lowest BCUT2D eigenvalue weighted by atomic mass is 10.2. The Morgan fingerprint density at radius 3 is 2.77 bits per heavy atom. The number of pyridine rings is 2. The van der Waals surface area contributed by atoms with Gasteiger partial charge in [0.2, 0.25) is 0 Å². The van der Waals surface area contributed by atoms with Crippen LogP contribution in [0.5, 0.6) is 0 Å². The number of thioether (sulfide) groups is 1. The molecule has 2 rings (SSSR count). The first-order valence-corrected chi connectivity index (χ1v) is 7.55. The molecule has 2 aromatic heterocycles. The highest BCUT2D eigenvalue weighted by Crippen LogP contribution is 2.35. The fourth-order valence-electron chi connectivity index (χ4n) is 1.81. The monoisotopic (exact) mass is 311 g/mol. The largest absolute Gasteiger partial charge is 0.315 e. The van der Waals surface area contributed by atoms with Crippen molar-refractivity contribution >= 4 is 29.2 Å². The normalized spacial score (nSPS) is 12.7. The Labute approximate surface area is 133 Å². The molecular weight excluding hydrogens is 294 g/mol. The van der Waals surface area contributed by atoms with Crippen LogP contribution >= 0.6 is 11.8 Å². The fourth-order valence-corrected chi connectivity index (χ4v) is 2.73. The number of aliphatic imine (C=N–C) groups is 1. The molecular formula is C16H17N5S. The van der Waals surface area contributed by atoms with Crippen molar-refractivity contribution in [2.45, 2.75) is 12.3 Å². The maximum atomic E-state index is 7.70. The molecule has 0 aliphatic rings. The molecule has 2 heterocycles. The third-order valence-corrected chi connectivity index (χ3v) is 4.16. The molecule has 6 heteroatoms. The molecule has 0 aliphatic carbocycles. The van der Waals surface area contributed by atoms with Gasteiger partial charge in [-0.1, -0.05) is 18.2 Å². The first kappa shape index (κ1) is 16.1. The standard InChI is InChI=1S/C16H17N5S/c1-3-14(22-16(18)11-6-5-9-20-10-11)12-7-4-8-13(21-12)15(17)19-2/h3-10,16-17H,2,18H2,1H3. The van der Waals surface area contributed by atoms with Gasteiger partial charge in [-0.2, -0.15) is 0 Å². The summed E-state index contributed by atoms with van der Waals surface area (Å²) < 4.78 is 0. The van der Waals surface area contributed by atoms with Gasteiger partial charge in [0.15, 0.2) is 5.84 Å². The van der Waals surface area contributed by atoms with Crippen molar-refractivity contribution < 1.29 is 0 Å². The Morgan fingerprint density at radius 1 is 1.36 bits per heavy atom. The Bertz CT molecular complexity index is 697. The van der Waals surface area contributed by atoms with Crippen molar-refractivity contribution in [1.29, 1.82) is 5.41 Å². The van der Waals surface area contributed by atoms with Crippen molar-refractivity contribution in [1.82, 2.24) is 9.97 Å². The molecule has 1 unspecified atom stereocenters. The third-order valence-electron chi connectivity index (χ3n) is 2.93. The molecule has 0 saturated carbocycles. The van der Waals surface area contributed by atoms with E-state index in [0.717, 1.165) is 16.2 Å². The van der Waals surface area contributed by atoms with Gasteiger partial charge in [0.05, 0.1) is 11.1 Å². The smallest absolute Gasteiger partial charge is 0.170 e. The lowest BCUT2D eigenvalue weighted by Crippen LogP contribution is -2.07. The highest BCUT2D eigenvalue weighted by atomic mass is 32.2. The van der Waals surface area contributed by atoms with Crippen molar-refractivity contribution in [2.75, 3.05) is 0 Å². The van der Waals surface area contributed by atoms with Gasteiger partial charge in [0.1, 0.15) is 5.69 Å². The van der Waals surface area contributed by atoms with Crippen LogP contribution < -0.4 is 5.73 Å². The number of aromatic nitrogens is 2. The number of nitrogens with two attached hydrogens (primary N) is 1. The zero-order valence-corrected chi connectivity index (χ0v) is 13.0. The predicted octanol–water partition coefficient (Wildman–Crippen LogP) is 3.25. The van der Waals surface area contributed by atoms with Crippen LogP contribution in [0.4, 0.5) is 0 Å². The van der Waals surface area contributed by atoms with Crippen LogP contribution in [0.3, 0.4) is 0 Å². The Kier molecular flexibility index (Phi) is 5.57. The van der Waals surface area contributed by atoms with Crippen molar-refractivity contribution in [3.8, 4) is 0 Å². The molecule has 5 nitrogen and oxygen atoms in total. The SMILES string of the molecule is C=NC(=N)c1cccc(C(=CC)SC(N)c2cccnc2)n1. The number of rotatable bonds is 5. The van der Waals surface area contributed by atoms with Crippen LogP contribution in [0.2, 0.25) is 0 Å². The number of nitrogens with zero attached hydrogens (tertiary/aromatic N) is 3. The molecule has 0 spiro atoms. The molecule has 1 atom stereocenters. The fraction of sp³-hybridized carbons (Fsp3) is 0.125. The van der Waals surface area contributed by atoms with Crippen LogP contribution in [0.1, 0.15) is 29.2 Å². The topological polar surface area (TPSA) is 88.0 Å². The summed E-state index contributed by atoms with van der Waals surface area (Å²) in [4.78, 5) is 13.1. The van der Waals surface area contributed by atoms with E-state index in [1.165, 1.54) is 11.8 Å². The summed E-state index contributed by atoms with van der Waals surface area (Å²) in [5, 5.41) is 7.46. The number of hydrogen-bond acceptors (Lipinski definition) is 5. The zero-order chi connectivity index (χ0) is 15.9. The summed E-state index contributed by atoms with van der Waals surface area (Å²) >= 11 is 1.50. The quantitative estimate of drug-likeness (QED) is 0.504. The maximum absolute atomic E-state index is 7.70. The molecule has 22 heavy (non-hydrogen) atoms. The number of amidine groups is 1. The summed E-state index contributed by atoms with van der Waals surface area (Å²) in [6, 6.07) is 9.27. The van der Waals surface area contributed by atoms with Gasteiger partial charge in [-0.05, 0) is 37.4 Å². The first-order valence-electron chi connectivity index (χ1n) is 6.67. The van der Waals surface area contributed by atoms with Crippen molar-refractivity contribution in [3.05, 3.63) is 65.8 Å². The minimum absolute atomic E-state index is 0.0545. The first-order chi connectivity index (χ1) is 10.7. The van der Waals surface area contributed by atoms with Crippen molar-refractivity contribution in [2.24, 2.45) is 10.7 Å². The molecule has 0 bridgehead atoms. The van der Waals surface area contributed by atoms with E-state index < -0.39 is 0 Å². The second-order valence-corrected chi connectivity index (χ2v) is 5.58. The van der Waals surface area contributed by atoms with E-state index in [4.69, 9.17) is 11.1 Å². The Hall–Kier alpha value is -2.31. The summed E-state index contributed by atoms with van der Waals surface area (Å²) in [6.07, 6.45) is 5.43. The second-order valence-electron chi connectivity index (χ2n) is 4.39. The van der Waals surface area contributed by atoms with E-state index in [-0.39, 0.29) is 11.2 Å². The van der Waals surface area contributed by atoms with E-state index in [1.54, 1.807) is 18.5 Å². The number of nitrogens with one attached hydrogen (secondary N) is 1. The van der Waals surface area contributed by atoms with E-state index >= 15 is 0 Å². The molecule has 0 amide bonds. The van der Waals surface area contributed by atoms with Crippen LogP contribution in [0, 0.1) is 5.41 Å². The average Bonchev–Trinajstić information content (AvgIpc) is 2.59. The van der Waals surface area contributed by atoms with Crippen LogP contribution in [0.25, 0.3) is 4.91 Å². The number of hydrogen-bond donors (Lipinski definition) is 2. The summed E-state index contributed by atoms with van der Waals surface area (Å²) in [5.74, 6) is 0.0545. The van der Waals surface area contributed by atoms with Crippen LogP contribution in [-0.2, 0) is 0 Å². The van der Waals surface area contributed by atoms with Gasteiger partial charge >= 0.3 is 0 Å². The summed E-state index contributed by atoms with van der Waals surface area (Å²) in [6.45, 7) is 5.29. The lowest BCUT2D eigenvalue weighted by molar-refractivity contribution is 1.02. The molecule has 0 aromatic carbocycles. The summed E-state index contributed by atoms with van der Waals surface area (Å²) in [5.41, 5.74) is 8.41. The molecule has 0 radical (unpaired) electrons. The molecule has 0 saturated heterocycles. The molecule has 0 fully saturated rings. The maximum Gasteiger partial charge on any atom is 0.170 e.